The third-order valence-corrected chi connectivity index (χ3v) is 3.53. The summed E-state index contributed by atoms with van der Waals surface area (Å²) in [6, 6.07) is 9.64. The summed E-state index contributed by atoms with van der Waals surface area (Å²) in [6.07, 6.45) is 5.86. The van der Waals surface area contributed by atoms with Gasteiger partial charge in [-0.3, -0.25) is 0 Å². The SMILES string of the molecule is O=C(OC1CCCCC1)Sc1ccccc1. The Labute approximate surface area is 100 Å². The minimum atomic E-state index is -0.168. The highest BCUT2D eigenvalue weighted by Crippen LogP contribution is 2.25. The molecule has 2 nitrogen and oxygen atoms in total. The Morgan fingerprint density at radius 3 is 2.50 bits per heavy atom. The average Bonchev–Trinajstić information content (AvgIpc) is 2.31. The van der Waals surface area contributed by atoms with Crippen molar-refractivity contribution < 1.29 is 9.53 Å². The van der Waals surface area contributed by atoms with Gasteiger partial charge in [0.1, 0.15) is 6.10 Å². The van der Waals surface area contributed by atoms with Gasteiger partial charge in [0.2, 0.25) is 0 Å². The van der Waals surface area contributed by atoms with E-state index in [2.05, 4.69) is 0 Å². The number of benzene rings is 1. The summed E-state index contributed by atoms with van der Waals surface area (Å²) in [7, 11) is 0. The topological polar surface area (TPSA) is 26.3 Å². The Morgan fingerprint density at radius 2 is 1.81 bits per heavy atom. The molecule has 2 rings (SSSR count). The third kappa shape index (κ3) is 3.56. The fourth-order valence-corrected chi connectivity index (χ4v) is 2.60. The minimum absolute atomic E-state index is 0.150. The van der Waals surface area contributed by atoms with Crippen molar-refractivity contribution in [2.24, 2.45) is 0 Å². The Kier molecular flexibility index (Phi) is 4.28. The van der Waals surface area contributed by atoms with Crippen LogP contribution < -0.4 is 0 Å². The number of carbonyl (C=O) groups excluding carboxylic acids is 1. The minimum Gasteiger partial charge on any atom is -0.454 e. The first-order valence-corrected chi connectivity index (χ1v) is 6.60. The lowest BCUT2D eigenvalue weighted by molar-refractivity contribution is 0.0967. The van der Waals surface area contributed by atoms with Crippen molar-refractivity contribution in [3.05, 3.63) is 30.3 Å². The maximum atomic E-state index is 11.6. The Hall–Kier alpha value is -0.960. The monoisotopic (exact) mass is 236 g/mol. The quantitative estimate of drug-likeness (QED) is 0.567. The van der Waals surface area contributed by atoms with Crippen LogP contribution in [-0.2, 0) is 4.74 Å². The van der Waals surface area contributed by atoms with Crippen molar-refractivity contribution in [2.45, 2.75) is 43.1 Å². The highest BCUT2D eigenvalue weighted by atomic mass is 32.2. The number of ether oxygens (including phenoxy) is 1. The van der Waals surface area contributed by atoms with Gasteiger partial charge in [0.05, 0.1) is 0 Å². The molecule has 1 aliphatic carbocycles. The molecule has 1 fully saturated rings. The Morgan fingerprint density at radius 1 is 1.12 bits per heavy atom. The number of hydrogen-bond acceptors (Lipinski definition) is 3. The zero-order chi connectivity index (χ0) is 11.2. The summed E-state index contributed by atoms with van der Waals surface area (Å²) in [6.45, 7) is 0. The number of hydrogen-bond donors (Lipinski definition) is 0. The van der Waals surface area contributed by atoms with E-state index in [1.165, 1.54) is 31.0 Å². The van der Waals surface area contributed by atoms with Crippen LogP contribution in [0.1, 0.15) is 32.1 Å². The molecule has 0 aromatic heterocycles. The van der Waals surface area contributed by atoms with E-state index in [-0.39, 0.29) is 11.4 Å². The molecule has 1 aromatic carbocycles. The van der Waals surface area contributed by atoms with Crippen LogP contribution in [0.3, 0.4) is 0 Å². The summed E-state index contributed by atoms with van der Waals surface area (Å²) in [5.74, 6) is 0. The highest BCUT2D eigenvalue weighted by molar-refractivity contribution is 8.13. The molecule has 0 atom stereocenters. The summed E-state index contributed by atoms with van der Waals surface area (Å²) in [5.41, 5.74) is 0. The highest BCUT2D eigenvalue weighted by Gasteiger charge is 2.18. The molecule has 0 radical (unpaired) electrons. The second-order valence-corrected chi connectivity index (χ2v) is 5.05. The maximum Gasteiger partial charge on any atom is 0.372 e. The second-order valence-electron chi connectivity index (χ2n) is 4.04. The van der Waals surface area contributed by atoms with E-state index in [9.17, 15) is 4.79 Å². The van der Waals surface area contributed by atoms with Crippen LogP contribution >= 0.6 is 11.8 Å². The zero-order valence-electron chi connectivity index (χ0n) is 9.22. The molecule has 0 aliphatic heterocycles. The Balaban J connectivity index is 1.80. The molecule has 1 aromatic rings. The van der Waals surface area contributed by atoms with Gasteiger partial charge in [0.25, 0.3) is 0 Å². The van der Waals surface area contributed by atoms with Crippen molar-refractivity contribution >= 4 is 17.1 Å². The van der Waals surface area contributed by atoms with Crippen LogP contribution in [-0.4, -0.2) is 11.4 Å². The molecule has 16 heavy (non-hydrogen) atoms. The fourth-order valence-electron chi connectivity index (χ4n) is 1.93. The maximum absolute atomic E-state index is 11.6. The van der Waals surface area contributed by atoms with Gasteiger partial charge in [0, 0.05) is 4.90 Å². The van der Waals surface area contributed by atoms with Crippen LogP contribution in [0.2, 0.25) is 0 Å². The van der Waals surface area contributed by atoms with Crippen molar-refractivity contribution in [3.8, 4) is 0 Å². The zero-order valence-corrected chi connectivity index (χ0v) is 10.0. The predicted octanol–water partition coefficient (Wildman–Crippen LogP) is 4.25. The van der Waals surface area contributed by atoms with Gasteiger partial charge < -0.3 is 4.74 Å². The lowest BCUT2D eigenvalue weighted by Gasteiger charge is -2.21. The first-order valence-electron chi connectivity index (χ1n) is 5.78. The van der Waals surface area contributed by atoms with Crippen molar-refractivity contribution in [1.29, 1.82) is 0 Å². The van der Waals surface area contributed by atoms with Gasteiger partial charge in [-0.25, -0.2) is 4.79 Å². The van der Waals surface area contributed by atoms with Crippen molar-refractivity contribution in [1.82, 2.24) is 0 Å². The lowest BCUT2D eigenvalue weighted by Crippen LogP contribution is -2.18. The van der Waals surface area contributed by atoms with E-state index >= 15 is 0 Å². The number of carbonyl (C=O) groups is 1. The van der Waals surface area contributed by atoms with E-state index in [0.717, 1.165) is 17.7 Å². The molecular weight excluding hydrogens is 220 g/mol. The molecule has 86 valence electrons. The smallest absolute Gasteiger partial charge is 0.372 e. The van der Waals surface area contributed by atoms with E-state index in [4.69, 9.17) is 4.74 Å². The van der Waals surface area contributed by atoms with Crippen LogP contribution in [0.25, 0.3) is 0 Å². The first-order chi connectivity index (χ1) is 7.84. The molecule has 0 saturated heterocycles. The third-order valence-electron chi connectivity index (χ3n) is 2.76. The van der Waals surface area contributed by atoms with Crippen LogP contribution in [0.4, 0.5) is 4.79 Å². The van der Waals surface area contributed by atoms with Gasteiger partial charge in [-0.1, -0.05) is 24.6 Å². The molecule has 1 aliphatic rings. The normalized spacial score (nSPS) is 17.0. The van der Waals surface area contributed by atoms with Crippen LogP contribution in [0.15, 0.2) is 35.2 Å². The average molecular weight is 236 g/mol. The summed E-state index contributed by atoms with van der Waals surface area (Å²) in [4.78, 5) is 12.6. The Bertz CT molecular complexity index is 331. The molecule has 0 N–H and O–H groups in total. The van der Waals surface area contributed by atoms with E-state index < -0.39 is 0 Å². The van der Waals surface area contributed by atoms with Gasteiger partial charge in [-0.05, 0) is 49.6 Å². The van der Waals surface area contributed by atoms with Crippen molar-refractivity contribution in [3.63, 3.8) is 0 Å². The molecule has 0 bridgehead atoms. The standard InChI is InChI=1S/C13H16O2S/c14-13(15-11-7-3-1-4-8-11)16-12-9-5-2-6-10-12/h2,5-6,9-11H,1,3-4,7-8H2. The van der Waals surface area contributed by atoms with Crippen molar-refractivity contribution in [2.75, 3.05) is 0 Å². The largest absolute Gasteiger partial charge is 0.454 e. The van der Waals surface area contributed by atoms with Gasteiger partial charge >= 0.3 is 5.30 Å². The molecule has 0 unspecified atom stereocenters. The molecule has 1 saturated carbocycles. The predicted molar refractivity (Wildman–Crippen MR) is 65.7 cm³/mol. The van der Waals surface area contributed by atoms with E-state index in [0.29, 0.717) is 0 Å². The summed E-state index contributed by atoms with van der Waals surface area (Å²) in [5, 5.41) is -0.168. The summed E-state index contributed by atoms with van der Waals surface area (Å²) < 4.78 is 5.42. The molecular formula is C13H16O2S. The van der Waals surface area contributed by atoms with Gasteiger partial charge in [0.15, 0.2) is 0 Å². The summed E-state index contributed by atoms with van der Waals surface area (Å²) >= 11 is 1.18. The van der Waals surface area contributed by atoms with Crippen LogP contribution in [0, 0.1) is 0 Å². The molecule has 0 spiro atoms. The molecule has 0 amide bonds. The number of rotatable bonds is 2. The van der Waals surface area contributed by atoms with E-state index in [1.54, 1.807) is 0 Å². The molecule has 3 heteroatoms. The van der Waals surface area contributed by atoms with Crippen LogP contribution in [0.5, 0.6) is 0 Å². The van der Waals surface area contributed by atoms with Gasteiger partial charge in [-0.2, -0.15) is 0 Å². The fraction of sp³-hybridized carbons (Fsp3) is 0.462. The second kappa shape index (κ2) is 5.94. The first kappa shape index (κ1) is 11.5. The molecule has 0 heterocycles. The number of thioether (sulfide) groups is 1. The van der Waals surface area contributed by atoms with Gasteiger partial charge in [-0.15, -0.1) is 0 Å². The van der Waals surface area contributed by atoms with E-state index in [1.807, 2.05) is 30.3 Å². The lowest BCUT2D eigenvalue weighted by atomic mass is 9.98.